The normalized spacial score (nSPS) is 13.2. The molecule has 0 spiro atoms. The minimum atomic E-state index is -0.509. The maximum atomic E-state index is 11.5. The summed E-state index contributed by atoms with van der Waals surface area (Å²) in [6, 6.07) is 3.43. The summed E-state index contributed by atoms with van der Waals surface area (Å²) < 4.78 is 15.7. The van der Waals surface area contributed by atoms with Crippen molar-refractivity contribution in [3.63, 3.8) is 0 Å². The summed E-state index contributed by atoms with van der Waals surface area (Å²) in [7, 11) is 0. The molecule has 0 aliphatic carbocycles. The van der Waals surface area contributed by atoms with Gasteiger partial charge in [0.25, 0.3) is 0 Å². The molecule has 6 heteroatoms. The number of carbonyl (C=O) groups is 2. The van der Waals surface area contributed by atoms with Crippen LogP contribution >= 0.6 is 0 Å². The number of amides is 1. The highest BCUT2D eigenvalue weighted by atomic mass is 16.7. The minimum Gasteiger partial charge on any atom is -0.454 e. The first-order valence-corrected chi connectivity index (χ1v) is 7.41. The fourth-order valence-corrected chi connectivity index (χ4v) is 2.00. The maximum Gasteiger partial charge on any atom is 0.407 e. The van der Waals surface area contributed by atoms with Crippen LogP contribution < -0.4 is 14.8 Å². The van der Waals surface area contributed by atoms with Crippen molar-refractivity contribution in [2.24, 2.45) is 0 Å². The van der Waals surface area contributed by atoms with Gasteiger partial charge >= 0.3 is 6.09 Å². The molecule has 0 saturated heterocycles. The summed E-state index contributed by atoms with van der Waals surface area (Å²) in [6.07, 6.45) is 4.65. The molecule has 1 aliphatic heterocycles. The molecule has 1 amide bonds. The topological polar surface area (TPSA) is 73.9 Å². The number of alkyl carbamates (subject to hydrolysis) is 1. The van der Waals surface area contributed by atoms with Crippen LogP contribution in [0.1, 0.15) is 43.1 Å². The quantitative estimate of drug-likeness (QED) is 0.666. The van der Waals surface area contributed by atoms with Crippen molar-refractivity contribution in [2.45, 2.75) is 32.8 Å². The third-order valence-corrected chi connectivity index (χ3v) is 2.98. The lowest BCUT2D eigenvalue weighted by atomic mass is 10.1. The molecule has 23 heavy (non-hydrogen) atoms. The summed E-state index contributed by atoms with van der Waals surface area (Å²) in [4.78, 5) is 22.6. The zero-order valence-electron chi connectivity index (χ0n) is 13.5. The van der Waals surface area contributed by atoms with Crippen LogP contribution in [0.3, 0.4) is 0 Å². The summed E-state index contributed by atoms with van der Waals surface area (Å²) in [6.45, 7) is 6.06. The monoisotopic (exact) mass is 319 g/mol. The van der Waals surface area contributed by atoms with E-state index >= 15 is 0 Å². The van der Waals surface area contributed by atoms with Gasteiger partial charge in [-0.3, -0.25) is 4.79 Å². The Bertz CT molecular complexity index is 616. The molecule has 1 aromatic carbocycles. The summed E-state index contributed by atoms with van der Waals surface area (Å²) in [5.41, 5.74) is 0.776. The van der Waals surface area contributed by atoms with Gasteiger partial charge in [0, 0.05) is 12.1 Å². The Balaban J connectivity index is 1.86. The fourth-order valence-electron chi connectivity index (χ4n) is 2.00. The van der Waals surface area contributed by atoms with E-state index in [-0.39, 0.29) is 6.79 Å². The zero-order chi connectivity index (χ0) is 16.9. The third kappa shape index (κ3) is 5.02. The van der Waals surface area contributed by atoms with Crippen LogP contribution in [0, 0.1) is 0 Å². The molecule has 0 saturated carbocycles. The molecule has 1 aliphatic rings. The van der Waals surface area contributed by atoms with Crippen LogP contribution in [0.4, 0.5) is 4.79 Å². The molecule has 0 aromatic heterocycles. The predicted molar refractivity (Wildman–Crippen MR) is 85.8 cm³/mol. The highest BCUT2D eigenvalue weighted by Crippen LogP contribution is 2.34. The van der Waals surface area contributed by atoms with Gasteiger partial charge in [-0.1, -0.05) is 12.2 Å². The standard InChI is InChI=1S/C17H21NO5/c1-17(2,3)23-16(20)18-7-5-4-6-12-8-14-15(22-11-21-14)9-13(12)10-19/h4,6,8-10H,5,7,11H2,1-3H3,(H,18,20). The lowest BCUT2D eigenvalue weighted by molar-refractivity contribution is 0.0528. The first kappa shape index (κ1) is 16.9. The number of rotatable bonds is 5. The van der Waals surface area contributed by atoms with E-state index in [1.54, 1.807) is 12.1 Å². The Morgan fingerprint density at radius 2 is 1.91 bits per heavy atom. The number of benzene rings is 1. The average Bonchev–Trinajstić information content (AvgIpc) is 2.91. The van der Waals surface area contributed by atoms with Gasteiger partial charge in [-0.05, 0) is 44.9 Å². The summed E-state index contributed by atoms with van der Waals surface area (Å²) >= 11 is 0. The van der Waals surface area contributed by atoms with E-state index in [4.69, 9.17) is 14.2 Å². The first-order valence-electron chi connectivity index (χ1n) is 7.41. The number of carbonyl (C=O) groups excluding carboxylic acids is 2. The van der Waals surface area contributed by atoms with E-state index in [0.717, 1.165) is 11.8 Å². The predicted octanol–water partition coefficient (Wildman–Crippen LogP) is 3.16. The maximum absolute atomic E-state index is 11.5. The van der Waals surface area contributed by atoms with Crippen LogP contribution in [0.5, 0.6) is 11.5 Å². The zero-order valence-corrected chi connectivity index (χ0v) is 13.5. The van der Waals surface area contributed by atoms with E-state index in [1.807, 2.05) is 32.9 Å². The molecule has 1 N–H and O–H groups in total. The number of nitrogens with one attached hydrogen (secondary N) is 1. The van der Waals surface area contributed by atoms with Crippen LogP contribution in [-0.4, -0.2) is 31.3 Å². The van der Waals surface area contributed by atoms with Gasteiger partial charge in [-0.2, -0.15) is 0 Å². The van der Waals surface area contributed by atoms with E-state index < -0.39 is 11.7 Å². The smallest absolute Gasteiger partial charge is 0.407 e. The molecule has 124 valence electrons. The Kier molecular flexibility index (Phi) is 5.26. The second kappa shape index (κ2) is 7.17. The largest absolute Gasteiger partial charge is 0.454 e. The number of fused-ring (bicyclic) bond motifs is 1. The number of hydrogen-bond donors (Lipinski definition) is 1. The van der Waals surface area contributed by atoms with Gasteiger partial charge < -0.3 is 19.5 Å². The molecule has 6 nitrogen and oxygen atoms in total. The van der Waals surface area contributed by atoms with Crippen LogP contribution in [0.25, 0.3) is 6.08 Å². The number of aldehydes is 1. The highest BCUT2D eigenvalue weighted by molar-refractivity contribution is 5.83. The van der Waals surface area contributed by atoms with Gasteiger partial charge in [0.1, 0.15) is 5.60 Å². The lowest BCUT2D eigenvalue weighted by Gasteiger charge is -2.19. The Hall–Kier alpha value is -2.50. The fraction of sp³-hybridized carbons (Fsp3) is 0.412. The Labute approximate surface area is 135 Å². The van der Waals surface area contributed by atoms with Crippen molar-refractivity contribution in [3.05, 3.63) is 29.3 Å². The SMILES string of the molecule is CC(C)(C)OC(=O)NCCC=Cc1cc2c(cc1C=O)OCO2. The Morgan fingerprint density at radius 3 is 2.52 bits per heavy atom. The molecular weight excluding hydrogens is 298 g/mol. The van der Waals surface area contributed by atoms with Gasteiger partial charge in [-0.15, -0.1) is 0 Å². The molecule has 0 atom stereocenters. The van der Waals surface area contributed by atoms with E-state index in [0.29, 0.717) is 30.0 Å². The molecular formula is C17H21NO5. The van der Waals surface area contributed by atoms with Crippen LogP contribution in [0.2, 0.25) is 0 Å². The third-order valence-electron chi connectivity index (χ3n) is 2.98. The average molecular weight is 319 g/mol. The lowest BCUT2D eigenvalue weighted by Crippen LogP contribution is -2.32. The second-order valence-corrected chi connectivity index (χ2v) is 6.07. The molecule has 1 aromatic rings. The van der Waals surface area contributed by atoms with Crippen LogP contribution in [0.15, 0.2) is 18.2 Å². The number of hydrogen-bond acceptors (Lipinski definition) is 5. The van der Waals surface area contributed by atoms with Gasteiger partial charge in [-0.25, -0.2) is 4.79 Å². The highest BCUT2D eigenvalue weighted by Gasteiger charge is 2.16. The first-order chi connectivity index (χ1) is 10.9. The van der Waals surface area contributed by atoms with E-state index in [9.17, 15) is 9.59 Å². The Morgan fingerprint density at radius 1 is 1.26 bits per heavy atom. The molecule has 0 radical (unpaired) electrons. The van der Waals surface area contributed by atoms with Gasteiger partial charge in [0.15, 0.2) is 17.8 Å². The molecule has 2 rings (SSSR count). The van der Waals surface area contributed by atoms with E-state index in [2.05, 4.69) is 5.32 Å². The van der Waals surface area contributed by atoms with Crippen molar-refractivity contribution >= 4 is 18.5 Å². The van der Waals surface area contributed by atoms with Crippen molar-refractivity contribution < 1.29 is 23.8 Å². The minimum absolute atomic E-state index is 0.167. The van der Waals surface area contributed by atoms with E-state index in [1.165, 1.54) is 0 Å². The number of ether oxygens (including phenoxy) is 3. The summed E-state index contributed by atoms with van der Waals surface area (Å²) in [5, 5.41) is 2.67. The van der Waals surface area contributed by atoms with Crippen LogP contribution in [-0.2, 0) is 4.74 Å². The molecule has 1 heterocycles. The summed E-state index contributed by atoms with van der Waals surface area (Å²) in [5.74, 6) is 1.21. The molecule has 0 unspecified atom stereocenters. The van der Waals surface area contributed by atoms with Crippen molar-refractivity contribution in [1.82, 2.24) is 5.32 Å². The molecule has 0 fully saturated rings. The van der Waals surface area contributed by atoms with Crippen molar-refractivity contribution in [2.75, 3.05) is 13.3 Å². The van der Waals surface area contributed by atoms with Crippen molar-refractivity contribution in [3.8, 4) is 11.5 Å². The van der Waals surface area contributed by atoms with Gasteiger partial charge in [0.2, 0.25) is 6.79 Å². The second-order valence-electron chi connectivity index (χ2n) is 6.07. The van der Waals surface area contributed by atoms with Gasteiger partial charge in [0.05, 0.1) is 0 Å². The molecule has 0 bridgehead atoms. The van der Waals surface area contributed by atoms with Crippen molar-refractivity contribution in [1.29, 1.82) is 0 Å².